The van der Waals surface area contributed by atoms with Crippen LogP contribution in [0.15, 0.2) is 51.8 Å². The predicted molar refractivity (Wildman–Crippen MR) is 82.7 cm³/mol. The van der Waals surface area contributed by atoms with E-state index in [1.165, 1.54) is 37.4 Å². The van der Waals surface area contributed by atoms with Gasteiger partial charge in [0.25, 0.3) is 10.0 Å². The van der Waals surface area contributed by atoms with E-state index in [1.807, 2.05) is 6.07 Å². The van der Waals surface area contributed by atoms with Gasteiger partial charge in [-0.1, -0.05) is 15.9 Å². The number of benzene rings is 2. The first kappa shape index (κ1) is 15.4. The van der Waals surface area contributed by atoms with Gasteiger partial charge in [0.1, 0.15) is 10.6 Å². The van der Waals surface area contributed by atoms with E-state index in [4.69, 9.17) is 10.00 Å². The average Bonchev–Trinajstić information content (AvgIpc) is 2.47. The van der Waals surface area contributed by atoms with Crippen LogP contribution in [0.1, 0.15) is 5.56 Å². The molecule has 21 heavy (non-hydrogen) atoms. The van der Waals surface area contributed by atoms with E-state index in [-0.39, 0.29) is 10.6 Å². The van der Waals surface area contributed by atoms with Gasteiger partial charge in [-0.15, -0.1) is 0 Å². The summed E-state index contributed by atoms with van der Waals surface area (Å²) in [5.74, 6) is 0.249. The highest BCUT2D eigenvalue weighted by Crippen LogP contribution is 2.28. The number of ether oxygens (including phenoxy) is 1. The lowest BCUT2D eigenvalue weighted by Crippen LogP contribution is -2.14. The average molecular weight is 367 g/mol. The van der Waals surface area contributed by atoms with Crippen molar-refractivity contribution in [2.75, 3.05) is 11.8 Å². The molecule has 0 aliphatic heterocycles. The van der Waals surface area contributed by atoms with Gasteiger partial charge >= 0.3 is 0 Å². The van der Waals surface area contributed by atoms with Gasteiger partial charge < -0.3 is 4.74 Å². The molecule has 0 fully saturated rings. The van der Waals surface area contributed by atoms with Gasteiger partial charge in [-0.25, -0.2) is 8.42 Å². The van der Waals surface area contributed by atoms with Crippen LogP contribution in [0.25, 0.3) is 0 Å². The summed E-state index contributed by atoms with van der Waals surface area (Å²) in [5.41, 5.74) is 0.828. The smallest absolute Gasteiger partial charge is 0.265 e. The minimum Gasteiger partial charge on any atom is -0.495 e. The number of nitriles is 1. The van der Waals surface area contributed by atoms with Crippen LogP contribution in [-0.4, -0.2) is 15.5 Å². The second kappa shape index (κ2) is 6.16. The molecule has 0 heterocycles. The monoisotopic (exact) mass is 366 g/mol. The van der Waals surface area contributed by atoms with Crippen LogP contribution in [0.2, 0.25) is 0 Å². The van der Waals surface area contributed by atoms with Crippen molar-refractivity contribution in [1.29, 1.82) is 5.26 Å². The van der Waals surface area contributed by atoms with E-state index in [2.05, 4.69) is 20.7 Å². The standard InChI is InChI=1S/C14H11BrN2O3S/c1-20-13-7-4-11(15)8-14(13)21(18,19)17-12-5-2-10(9-16)3-6-12/h2-8,17H,1H3. The number of anilines is 1. The van der Waals surface area contributed by atoms with E-state index < -0.39 is 10.0 Å². The third kappa shape index (κ3) is 3.54. The van der Waals surface area contributed by atoms with Crippen LogP contribution in [0.4, 0.5) is 5.69 Å². The Balaban J connectivity index is 2.38. The molecular formula is C14H11BrN2O3S. The van der Waals surface area contributed by atoms with E-state index >= 15 is 0 Å². The number of sulfonamides is 1. The Labute approximate surface area is 131 Å². The normalized spacial score (nSPS) is 10.7. The molecule has 2 aromatic carbocycles. The van der Waals surface area contributed by atoms with Gasteiger partial charge in [-0.2, -0.15) is 5.26 Å². The molecule has 0 unspecified atom stereocenters. The van der Waals surface area contributed by atoms with Gasteiger partial charge in [-0.3, -0.25) is 4.72 Å². The summed E-state index contributed by atoms with van der Waals surface area (Å²) in [6.07, 6.45) is 0. The van der Waals surface area contributed by atoms with Crippen LogP contribution in [0.5, 0.6) is 5.75 Å². The maximum atomic E-state index is 12.4. The summed E-state index contributed by atoms with van der Waals surface area (Å²) in [7, 11) is -2.38. The van der Waals surface area contributed by atoms with Crippen LogP contribution >= 0.6 is 15.9 Å². The molecule has 2 rings (SSSR count). The van der Waals surface area contributed by atoms with E-state index in [0.717, 1.165) is 0 Å². The molecule has 0 amide bonds. The SMILES string of the molecule is COc1ccc(Br)cc1S(=O)(=O)Nc1ccc(C#N)cc1. The fourth-order valence-electron chi connectivity index (χ4n) is 1.68. The summed E-state index contributed by atoms with van der Waals surface area (Å²) < 4.78 is 33.0. The number of nitrogens with one attached hydrogen (secondary N) is 1. The van der Waals surface area contributed by atoms with E-state index in [1.54, 1.807) is 12.1 Å². The molecule has 0 aromatic heterocycles. The second-order valence-electron chi connectivity index (χ2n) is 4.09. The first-order valence-electron chi connectivity index (χ1n) is 5.83. The Morgan fingerprint density at radius 1 is 1.19 bits per heavy atom. The summed E-state index contributed by atoms with van der Waals surface area (Å²) in [6, 6.07) is 12.8. The highest BCUT2D eigenvalue weighted by Gasteiger charge is 2.20. The molecule has 0 atom stereocenters. The molecule has 0 radical (unpaired) electrons. The molecule has 0 saturated heterocycles. The third-order valence-corrected chi connectivity index (χ3v) is 4.58. The van der Waals surface area contributed by atoms with Crippen molar-refractivity contribution in [2.24, 2.45) is 0 Å². The molecule has 0 saturated carbocycles. The van der Waals surface area contributed by atoms with E-state index in [0.29, 0.717) is 15.7 Å². The number of nitrogens with zero attached hydrogens (tertiary/aromatic N) is 1. The molecule has 108 valence electrons. The number of methoxy groups -OCH3 is 1. The fourth-order valence-corrected chi connectivity index (χ4v) is 3.45. The molecule has 0 spiro atoms. The van der Waals surface area contributed by atoms with Crippen LogP contribution < -0.4 is 9.46 Å². The number of hydrogen-bond donors (Lipinski definition) is 1. The Kier molecular flexibility index (Phi) is 4.50. The number of halogens is 1. The van der Waals surface area contributed by atoms with Crippen LogP contribution in [0, 0.1) is 11.3 Å². The molecule has 0 bridgehead atoms. The molecule has 7 heteroatoms. The molecule has 0 aliphatic rings. The van der Waals surface area contributed by atoms with Crippen molar-refractivity contribution in [3.05, 3.63) is 52.5 Å². The lowest BCUT2D eigenvalue weighted by atomic mass is 10.2. The van der Waals surface area contributed by atoms with Gasteiger partial charge in [-0.05, 0) is 42.5 Å². The Hall–Kier alpha value is -2.04. The highest BCUT2D eigenvalue weighted by molar-refractivity contribution is 9.10. The highest BCUT2D eigenvalue weighted by atomic mass is 79.9. The minimum atomic E-state index is -3.79. The van der Waals surface area contributed by atoms with Crippen molar-refractivity contribution < 1.29 is 13.2 Å². The first-order chi connectivity index (χ1) is 9.96. The summed E-state index contributed by atoms with van der Waals surface area (Å²) in [5, 5.41) is 8.73. The first-order valence-corrected chi connectivity index (χ1v) is 8.10. The van der Waals surface area contributed by atoms with Gasteiger partial charge in [0.05, 0.1) is 18.7 Å². The zero-order valence-electron chi connectivity index (χ0n) is 11.0. The minimum absolute atomic E-state index is 0.0312. The van der Waals surface area contributed by atoms with Crippen molar-refractivity contribution in [3.8, 4) is 11.8 Å². The van der Waals surface area contributed by atoms with Gasteiger partial charge in [0.2, 0.25) is 0 Å². The summed E-state index contributed by atoms with van der Waals surface area (Å²) in [6.45, 7) is 0. The molecule has 5 nitrogen and oxygen atoms in total. The summed E-state index contributed by atoms with van der Waals surface area (Å²) >= 11 is 3.24. The van der Waals surface area contributed by atoms with Crippen molar-refractivity contribution >= 4 is 31.6 Å². The zero-order valence-corrected chi connectivity index (χ0v) is 13.4. The van der Waals surface area contributed by atoms with Crippen molar-refractivity contribution in [1.82, 2.24) is 0 Å². The van der Waals surface area contributed by atoms with Gasteiger partial charge in [0, 0.05) is 10.2 Å². The van der Waals surface area contributed by atoms with Gasteiger partial charge in [0.15, 0.2) is 0 Å². The predicted octanol–water partition coefficient (Wildman–Crippen LogP) is 3.13. The molecule has 1 N–H and O–H groups in total. The quantitative estimate of drug-likeness (QED) is 0.901. The molecular weight excluding hydrogens is 356 g/mol. The van der Waals surface area contributed by atoms with Crippen molar-refractivity contribution in [2.45, 2.75) is 4.90 Å². The second-order valence-corrected chi connectivity index (χ2v) is 6.66. The maximum absolute atomic E-state index is 12.4. The zero-order chi connectivity index (χ0) is 15.5. The number of rotatable bonds is 4. The fraction of sp³-hybridized carbons (Fsp3) is 0.0714. The lowest BCUT2D eigenvalue weighted by Gasteiger charge is -2.12. The molecule has 0 aliphatic carbocycles. The maximum Gasteiger partial charge on any atom is 0.265 e. The summed E-state index contributed by atoms with van der Waals surface area (Å²) in [4.78, 5) is 0.0312. The molecule has 2 aromatic rings. The van der Waals surface area contributed by atoms with E-state index in [9.17, 15) is 8.42 Å². The Bertz CT molecular complexity index is 796. The third-order valence-electron chi connectivity index (χ3n) is 2.68. The largest absolute Gasteiger partial charge is 0.495 e. The van der Waals surface area contributed by atoms with Crippen molar-refractivity contribution in [3.63, 3.8) is 0 Å². The number of hydrogen-bond acceptors (Lipinski definition) is 4. The Morgan fingerprint density at radius 3 is 2.43 bits per heavy atom. The lowest BCUT2D eigenvalue weighted by molar-refractivity contribution is 0.403. The van der Waals surface area contributed by atoms with Crippen LogP contribution in [-0.2, 0) is 10.0 Å². The van der Waals surface area contributed by atoms with Crippen LogP contribution in [0.3, 0.4) is 0 Å². The Morgan fingerprint density at radius 2 is 1.86 bits per heavy atom. The topological polar surface area (TPSA) is 79.2 Å².